The lowest BCUT2D eigenvalue weighted by atomic mass is 10.2. The number of carbonyl (C=O) groups excluding carboxylic acids is 3. The smallest absolute Gasteiger partial charge is 0.350 e. The molecule has 28 heavy (non-hydrogen) atoms. The summed E-state index contributed by atoms with van der Waals surface area (Å²) >= 11 is 7.46. The number of hydrogen-bond donors (Lipinski definition) is 2. The minimum absolute atomic E-state index is 0.232. The number of amides is 2. The van der Waals surface area contributed by atoms with E-state index >= 15 is 0 Å². The Labute approximate surface area is 170 Å². The van der Waals surface area contributed by atoms with E-state index in [1.165, 1.54) is 11.3 Å². The topological polar surface area (TPSA) is 84.5 Å². The zero-order chi connectivity index (χ0) is 20.1. The lowest BCUT2D eigenvalue weighted by Gasteiger charge is -2.08. The highest BCUT2D eigenvalue weighted by Gasteiger charge is 2.19. The highest BCUT2D eigenvalue weighted by atomic mass is 35.5. The van der Waals surface area contributed by atoms with Gasteiger partial charge in [0.05, 0.1) is 5.02 Å². The third-order valence-electron chi connectivity index (χ3n) is 3.80. The summed E-state index contributed by atoms with van der Waals surface area (Å²) in [5, 5.41) is 6.38. The summed E-state index contributed by atoms with van der Waals surface area (Å²) in [6, 6.07) is 13.9. The molecule has 1 heterocycles. The molecule has 0 bridgehead atoms. The van der Waals surface area contributed by atoms with Crippen molar-refractivity contribution in [2.75, 3.05) is 18.5 Å². The van der Waals surface area contributed by atoms with Crippen LogP contribution in [0.1, 0.15) is 27.0 Å². The van der Waals surface area contributed by atoms with Crippen molar-refractivity contribution in [3.63, 3.8) is 0 Å². The second-order valence-corrected chi connectivity index (χ2v) is 7.24. The summed E-state index contributed by atoms with van der Waals surface area (Å²) in [5.74, 6) is -1.40. The number of benzene rings is 2. The maximum Gasteiger partial charge on any atom is 0.350 e. The van der Waals surface area contributed by atoms with Crippen LogP contribution in [0.15, 0.2) is 48.5 Å². The first kappa shape index (κ1) is 19.9. The summed E-state index contributed by atoms with van der Waals surface area (Å²) in [6.45, 7) is 1.86. The van der Waals surface area contributed by atoms with Crippen molar-refractivity contribution in [1.29, 1.82) is 0 Å². The summed E-state index contributed by atoms with van der Waals surface area (Å²) in [7, 11) is 0. The van der Waals surface area contributed by atoms with Crippen LogP contribution >= 0.6 is 22.9 Å². The number of rotatable bonds is 6. The van der Waals surface area contributed by atoms with E-state index in [0.29, 0.717) is 22.8 Å². The van der Waals surface area contributed by atoms with Gasteiger partial charge in [-0.3, -0.25) is 9.59 Å². The SMILES string of the molecule is CCNC(=O)c1cccc(NC(=O)COC(=O)c2sc3ccccc3c2Cl)c1. The fourth-order valence-electron chi connectivity index (χ4n) is 2.54. The Kier molecular flexibility index (Phi) is 6.28. The molecular weight excluding hydrogens is 400 g/mol. The molecule has 3 aromatic rings. The molecular formula is C20H17ClN2O4S. The molecule has 2 amide bonds. The normalized spacial score (nSPS) is 10.5. The minimum atomic E-state index is -0.655. The largest absolute Gasteiger partial charge is 0.451 e. The molecule has 0 atom stereocenters. The second-order valence-electron chi connectivity index (χ2n) is 5.81. The van der Waals surface area contributed by atoms with Crippen molar-refractivity contribution in [3.8, 4) is 0 Å². The summed E-state index contributed by atoms with van der Waals surface area (Å²) in [4.78, 5) is 36.5. The molecule has 0 radical (unpaired) electrons. The van der Waals surface area contributed by atoms with Gasteiger partial charge in [-0.15, -0.1) is 11.3 Å². The van der Waals surface area contributed by atoms with Gasteiger partial charge in [-0.2, -0.15) is 0 Å². The molecule has 0 aliphatic carbocycles. The number of ether oxygens (including phenoxy) is 1. The van der Waals surface area contributed by atoms with Crippen molar-refractivity contribution >= 4 is 56.5 Å². The van der Waals surface area contributed by atoms with Gasteiger partial charge in [0.15, 0.2) is 6.61 Å². The zero-order valence-corrected chi connectivity index (χ0v) is 16.5. The van der Waals surface area contributed by atoms with Crippen LogP contribution in [-0.4, -0.2) is 30.9 Å². The van der Waals surface area contributed by atoms with E-state index in [1.807, 2.05) is 31.2 Å². The predicted octanol–water partition coefficient (Wildman–Crippen LogP) is 4.10. The van der Waals surface area contributed by atoms with Crippen LogP contribution in [0.3, 0.4) is 0 Å². The van der Waals surface area contributed by atoms with Gasteiger partial charge < -0.3 is 15.4 Å². The molecule has 0 aliphatic heterocycles. The molecule has 6 nitrogen and oxygen atoms in total. The number of esters is 1. The van der Waals surface area contributed by atoms with E-state index < -0.39 is 18.5 Å². The van der Waals surface area contributed by atoms with Crippen LogP contribution in [0.4, 0.5) is 5.69 Å². The number of fused-ring (bicyclic) bond motifs is 1. The van der Waals surface area contributed by atoms with Crippen LogP contribution in [0.25, 0.3) is 10.1 Å². The van der Waals surface area contributed by atoms with Crippen molar-refractivity contribution in [1.82, 2.24) is 5.32 Å². The fourth-order valence-corrected chi connectivity index (χ4v) is 3.94. The van der Waals surface area contributed by atoms with Gasteiger partial charge in [0.1, 0.15) is 4.88 Å². The van der Waals surface area contributed by atoms with Crippen molar-refractivity contribution in [3.05, 3.63) is 64.0 Å². The molecule has 0 spiro atoms. The predicted molar refractivity (Wildman–Crippen MR) is 110 cm³/mol. The number of thiophene rings is 1. The monoisotopic (exact) mass is 416 g/mol. The third kappa shape index (κ3) is 4.49. The van der Waals surface area contributed by atoms with Gasteiger partial charge in [-0.05, 0) is 31.2 Å². The average molecular weight is 417 g/mol. The average Bonchev–Trinajstić information content (AvgIpc) is 3.03. The number of nitrogens with one attached hydrogen (secondary N) is 2. The Morgan fingerprint density at radius 3 is 2.64 bits per heavy atom. The Balaban J connectivity index is 1.61. The first-order valence-electron chi connectivity index (χ1n) is 8.52. The van der Waals surface area contributed by atoms with E-state index in [-0.39, 0.29) is 10.8 Å². The summed E-state index contributed by atoms with van der Waals surface area (Å²) < 4.78 is 5.95. The standard InChI is InChI=1S/C20H17ClN2O4S/c1-2-22-19(25)12-6-5-7-13(10-12)23-16(24)11-27-20(26)18-17(21)14-8-3-4-9-15(14)28-18/h3-10H,2,11H2,1H3,(H,22,25)(H,23,24). The van der Waals surface area contributed by atoms with Gasteiger partial charge in [-0.25, -0.2) is 4.79 Å². The second kappa shape index (κ2) is 8.86. The molecule has 0 unspecified atom stereocenters. The first-order chi connectivity index (χ1) is 13.5. The summed E-state index contributed by atoms with van der Waals surface area (Å²) in [6.07, 6.45) is 0. The quantitative estimate of drug-likeness (QED) is 0.592. The lowest BCUT2D eigenvalue weighted by Crippen LogP contribution is -2.23. The molecule has 2 N–H and O–H groups in total. The van der Waals surface area contributed by atoms with Crippen LogP contribution < -0.4 is 10.6 Å². The maximum atomic E-state index is 12.3. The first-order valence-corrected chi connectivity index (χ1v) is 9.71. The van der Waals surface area contributed by atoms with E-state index in [0.717, 1.165) is 10.1 Å². The maximum absolute atomic E-state index is 12.3. The van der Waals surface area contributed by atoms with Gasteiger partial charge in [0, 0.05) is 27.9 Å². The Morgan fingerprint density at radius 1 is 1.11 bits per heavy atom. The number of anilines is 1. The van der Waals surface area contributed by atoms with Gasteiger partial charge in [-0.1, -0.05) is 35.9 Å². The molecule has 0 fully saturated rings. The van der Waals surface area contributed by atoms with Crippen LogP contribution in [0.5, 0.6) is 0 Å². The number of carbonyl (C=O) groups is 3. The van der Waals surface area contributed by atoms with E-state index in [1.54, 1.807) is 24.3 Å². The van der Waals surface area contributed by atoms with Crippen molar-refractivity contribution in [2.24, 2.45) is 0 Å². The van der Waals surface area contributed by atoms with Crippen LogP contribution in [0, 0.1) is 0 Å². The molecule has 2 aromatic carbocycles. The minimum Gasteiger partial charge on any atom is -0.451 e. The fraction of sp³-hybridized carbons (Fsp3) is 0.150. The van der Waals surface area contributed by atoms with E-state index in [2.05, 4.69) is 10.6 Å². The highest BCUT2D eigenvalue weighted by molar-refractivity contribution is 7.21. The lowest BCUT2D eigenvalue weighted by molar-refractivity contribution is -0.119. The number of halogens is 1. The van der Waals surface area contributed by atoms with Gasteiger partial charge >= 0.3 is 5.97 Å². The summed E-state index contributed by atoms with van der Waals surface area (Å²) in [5.41, 5.74) is 0.860. The van der Waals surface area contributed by atoms with Gasteiger partial charge in [0.25, 0.3) is 11.8 Å². The van der Waals surface area contributed by atoms with E-state index in [9.17, 15) is 14.4 Å². The Hall–Kier alpha value is -2.90. The van der Waals surface area contributed by atoms with Crippen molar-refractivity contribution in [2.45, 2.75) is 6.92 Å². The van der Waals surface area contributed by atoms with E-state index in [4.69, 9.17) is 16.3 Å². The van der Waals surface area contributed by atoms with Crippen LogP contribution in [-0.2, 0) is 9.53 Å². The molecule has 8 heteroatoms. The molecule has 0 saturated carbocycles. The Morgan fingerprint density at radius 2 is 1.89 bits per heavy atom. The molecule has 3 rings (SSSR count). The molecule has 0 saturated heterocycles. The van der Waals surface area contributed by atoms with Gasteiger partial charge in [0.2, 0.25) is 0 Å². The number of hydrogen-bond acceptors (Lipinski definition) is 5. The highest BCUT2D eigenvalue weighted by Crippen LogP contribution is 2.35. The molecule has 144 valence electrons. The van der Waals surface area contributed by atoms with Crippen molar-refractivity contribution < 1.29 is 19.1 Å². The third-order valence-corrected chi connectivity index (χ3v) is 5.46. The molecule has 0 aliphatic rings. The zero-order valence-electron chi connectivity index (χ0n) is 15.0. The molecule has 1 aromatic heterocycles. The van der Waals surface area contributed by atoms with Crippen LogP contribution in [0.2, 0.25) is 5.02 Å². The Bertz CT molecular complexity index is 1050.